The van der Waals surface area contributed by atoms with E-state index in [-0.39, 0.29) is 0 Å². The van der Waals surface area contributed by atoms with Gasteiger partial charge < -0.3 is 14.2 Å². The van der Waals surface area contributed by atoms with Gasteiger partial charge >= 0.3 is 0 Å². The van der Waals surface area contributed by atoms with Crippen molar-refractivity contribution in [2.45, 2.75) is 44.8 Å². The first-order valence-electron chi connectivity index (χ1n) is 9.08. The Morgan fingerprint density at radius 3 is 3.00 bits per heavy atom. The van der Waals surface area contributed by atoms with Crippen molar-refractivity contribution in [3.05, 3.63) is 47.3 Å². The van der Waals surface area contributed by atoms with E-state index in [1.54, 1.807) is 0 Å². The maximum atomic E-state index is 5.89. The van der Waals surface area contributed by atoms with Gasteiger partial charge in [0.1, 0.15) is 5.75 Å². The molecule has 5 heteroatoms. The van der Waals surface area contributed by atoms with Crippen molar-refractivity contribution < 1.29 is 14.2 Å². The molecule has 4 heterocycles. The largest absolute Gasteiger partial charge is 0.493 e. The smallest absolute Gasteiger partial charge is 0.231 e. The Bertz CT molecular complexity index is 808. The molecule has 5 nitrogen and oxygen atoms in total. The summed E-state index contributed by atoms with van der Waals surface area (Å²) in [5.41, 5.74) is 3.85. The van der Waals surface area contributed by atoms with Crippen LogP contribution >= 0.6 is 0 Å². The molecule has 1 saturated heterocycles. The second-order valence-electron chi connectivity index (χ2n) is 6.91. The van der Waals surface area contributed by atoms with E-state index in [2.05, 4.69) is 28.1 Å². The molecule has 0 amide bonds. The zero-order chi connectivity index (χ0) is 16.8. The SMILES string of the molecule is CCOc1cc2c(cc1CN1[C@@H]3CC[C@@H]1c1cccnc1C3)OCO2. The van der Waals surface area contributed by atoms with Crippen LogP contribution in [0, 0.1) is 0 Å². The zero-order valence-corrected chi connectivity index (χ0v) is 14.4. The van der Waals surface area contributed by atoms with Gasteiger partial charge in [0.25, 0.3) is 0 Å². The van der Waals surface area contributed by atoms with Crippen molar-refractivity contribution in [2.24, 2.45) is 0 Å². The van der Waals surface area contributed by atoms with E-state index in [4.69, 9.17) is 14.2 Å². The number of pyridine rings is 1. The van der Waals surface area contributed by atoms with E-state index in [1.165, 1.54) is 29.7 Å². The number of ether oxygens (including phenoxy) is 3. The van der Waals surface area contributed by atoms with Crippen LogP contribution in [0.4, 0.5) is 0 Å². The molecule has 1 aromatic carbocycles. The third kappa shape index (κ3) is 2.45. The van der Waals surface area contributed by atoms with E-state index in [0.29, 0.717) is 25.5 Å². The van der Waals surface area contributed by atoms with Crippen molar-refractivity contribution in [3.8, 4) is 17.2 Å². The summed E-state index contributed by atoms with van der Waals surface area (Å²) < 4.78 is 17.0. The highest BCUT2D eigenvalue weighted by molar-refractivity contribution is 5.52. The normalized spacial score (nSPS) is 23.6. The van der Waals surface area contributed by atoms with Gasteiger partial charge in [-0.3, -0.25) is 9.88 Å². The zero-order valence-electron chi connectivity index (χ0n) is 14.4. The van der Waals surface area contributed by atoms with Crippen LogP contribution in [0.5, 0.6) is 17.2 Å². The fourth-order valence-electron chi connectivity index (χ4n) is 4.45. The lowest BCUT2D eigenvalue weighted by Crippen LogP contribution is -2.37. The minimum absolute atomic E-state index is 0.290. The van der Waals surface area contributed by atoms with Gasteiger partial charge in [0, 0.05) is 48.6 Å². The molecule has 5 rings (SSSR count). The average Bonchev–Trinajstić information content (AvgIpc) is 3.18. The standard InChI is InChI=1S/C20H22N2O3/c1-2-23-18-10-20-19(24-12-25-20)8-13(18)11-22-14-5-6-17(22)15-4-3-7-21-16(15)9-14/h3-4,7-8,10,14,17H,2,5-6,9,11-12H2,1H3/t14-,17-/m1/s1. The molecule has 130 valence electrons. The second-order valence-corrected chi connectivity index (χ2v) is 6.91. The molecule has 0 spiro atoms. The lowest BCUT2D eigenvalue weighted by atomic mass is 9.97. The van der Waals surface area contributed by atoms with Crippen molar-refractivity contribution >= 4 is 0 Å². The van der Waals surface area contributed by atoms with E-state index in [1.807, 2.05) is 19.2 Å². The first-order chi connectivity index (χ1) is 12.3. The summed E-state index contributed by atoms with van der Waals surface area (Å²) in [4.78, 5) is 7.22. The van der Waals surface area contributed by atoms with Crippen molar-refractivity contribution in [1.82, 2.24) is 9.88 Å². The maximum Gasteiger partial charge on any atom is 0.231 e. The maximum absolute atomic E-state index is 5.89. The van der Waals surface area contributed by atoms with Crippen LogP contribution < -0.4 is 14.2 Å². The van der Waals surface area contributed by atoms with Crippen LogP contribution in [0.1, 0.15) is 42.6 Å². The van der Waals surface area contributed by atoms with Crippen LogP contribution in [0.25, 0.3) is 0 Å². The van der Waals surface area contributed by atoms with E-state index in [9.17, 15) is 0 Å². The van der Waals surface area contributed by atoms with Crippen molar-refractivity contribution in [3.63, 3.8) is 0 Å². The summed E-state index contributed by atoms with van der Waals surface area (Å²) in [6.07, 6.45) is 5.40. The van der Waals surface area contributed by atoms with Crippen LogP contribution in [0.3, 0.4) is 0 Å². The molecular weight excluding hydrogens is 316 g/mol. The molecule has 0 N–H and O–H groups in total. The number of fused-ring (bicyclic) bond motifs is 5. The Morgan fingerprint density at radius 1 is 1.24 bits per heavy atom. The molecule has 0 unspecified atom stereocenters. The minimum atomic E-state index is 0.290. The molecule has 0 saturated carbocycles. The highest BCUT2D eigenvalue weighted by atomic mass is 16.7. The Hall–Kier alpha value is -2.27. The molecule has 1 fully saturated rings. The molecule has 3 aliphatic heterocycles. The van der Waals surface area contributed by atoms with Crippen molar-refractivity contribution in [1.29, 1.82) is 0 Å². The van der Waals surface area contributed by atoms with E-state index >= 15 is 0 Å². The van der Waals surface area contributed by atoms with E-state index < -0.39 is 0 Å². The number of nitrogens with zero attached hydrogens (tertiary/aromatic N) is 2. The lowest BCUT2D eigenvalue weighted by Gasteiger charge is -2.36. The van der Waals surface area contributed by atoms with Gasteiger partial charge in [-0.1, -0.05) is 6.07 Å². The second kappa shape index (κ2) is 5.92. The predicted molar refractivity (Wildman–Crippen MR) is 93.0 cm³/mol. The summed E-state index contributed by atoms with van der Waals surface area (Å²) >= 11 is 0. The Morgan fingerprint density at radius 2 is 2.12 bits per heavy atom. The fraction of sp³-hybridized carbons (Fsp3) is 0.450. The topological polar surface area (TPSA) is 43.8 Å². The molecule has 2 aromatic rings. The highest BCUT2D eigenvalue weighted by Crippen LogP contribution is 2.46. The molecular formula is C20H22N2O3. The number of hydrogen-bond donors (Lipinski definition) is 0. The van der Waals surface area contributed by atoms with Gasteiger partial charge in [-0.15, -0.1) is 0 Å². The Balaban J connectivity index is 1.48. The fourth-order valence-corrected chi connectivity index (χ4v) is 4.45. The quantitative estimate of drug-likeness (QED) is 0.854. The van der Waals surface area contributed by atoms with Gasteiger partial charge in [0.05, 0.1) is 6.61 Å². The molecule has 1 aromatic heterocycles. The lowest BCUT2D eigenvalue weighted by molar-refractivity contribution is 0.163. The summed E-state index contributed by atoms with van der Waals surface area (Å²) in [6.45, 7) is 3.82. The summed E-state index contributed by atoms with van der Waals surface area (Å²) in [7, 11) is 0. The summed E-state index contributed by atoms with van der Waals surface area (Å²) in [5.74, 6) is 2.51. The van der Waals surface area contributed by atoms with Crippen LogP contribution in [0.2, 0.25) is 0 Å². The van der Waals surface area contributed by atoms with Gasteiger partial charge in [-0.2, -0.15) is 0 Å². The van der Waals surface area contributed by atoms with Gasteiger partial charge in [0.2, 0.25) is 6.79 Å². The molecule has 25 heavy (non-hydrogen) atoms. The van der Waals surface area contributed by atoms with Crippen LogP contribution in [-0.4, -0.2) is 29.3 Å². The predicted octanol–water partition coefficient (Wildman–Crippen LogP) is 3.47. The minimum Gasteiger partial charge on any atom is -0.493 e. The van der Waals surface area contributed by atoms with Crippen molar-refractivity contribution in [2.75, 3.05) is 13.4 Å². The summed E-state index contributed by atoms with van der Waals surface area (Å²) in [6, 6.07) is 9.38. The molecule has 0 aliphatic carbocycles. The number of benzene rings is 1. The Labute approximate surface area is 147 Å². The van der Waals surface area contributed by atoms with Gasteiger partial charge in [-0.05, 0) is 37.5 Å². The first kappa shape index (κ1) is 15.0. The first-order valence-corrected chi connectivity index (χ1v) is 9.08. The highest BCUT2D eigenvalue weighted by Gasteiger charge is 2.40. The molecule has 0 radical (unpaired) electrons. The summed E-state index contributed by atoms with van der Waals surface area (Å²) in [5, 5.41) is 0. The van der Waals surface area contributed by atoms with Gasteiger partial charge in [0.15, 0.2) is 11.5 Å². The molecule has 2 atom stereocenters. The van der Waals surface area contributed by atoms with Crippen LogP contribution in [0.15, 0.2) is 30.5 Å². The van der Waals surface area contributed by atoms with Crippen LogP contribution in [-0.2, 0) is 13.0 Å². The third-order valence-corrected chi connectivity index (χ3v) is 5.56. The number of rotatable bonds is 4. The third-order valence-electron chi connectivity index (χ3n) is 5.56. The number of hydrogen-bond acceptors (Lipinski definition) is 5. The Kier molecular flexibility index (Phi) is 3.55. The monoisotopic (exact) mass is 338 g/mol. The molecule has 2 bridgehead atoms. The molecule has 3 aliphatic rings. The number of aromatic nitrogens is 1. The van der Waals surface area contributed by atoms with Gasteiger partial charge in [-0.25, -0.2) is 0 Å². The van der Waals surface area contributed by atoms with E-state index in [0.717, 1.165) is 30.2 Å². The average molecular weight is 338 g/mol.